The van der Waals surface area contributed by atoms with Gasteiger partial charge in [0.05, 0.1) is 22.9 Å². The van der Waals surface area contributed by atoms with Gasteiger partial charge in [0.15, 0.2) is 0 Å². The maximum absolute atomic E-state index is 13.6. The van der Waals surface area contributed by atoms with Crippen molar-refractivity contribution in [1.82, 2.24) is 10.2 Å². The predicted octanol–water partition coefficient (Wildman–Crippen LogP) is 5.49. The van der Waals surface area contributed by atoms with Gasteiger partial charge in [0.2, 0.25) is 0 Å². The van der Waals surface area contributed by atoms with Crippen LogP contribution in [-0.4, -0.2) is 62.1 Å². The van der Waals surface area contributed by atoms with Crippen LogP contribution in [0.2, 0.25) is 10.0 Å². The number of carbonyl (C=O) groups excluding carboxylic acids is 2. The second-order valence-corrected chi connectivity index (χ2v) is 10.2. The molecule has 0 aromatic heterocycles. The van der Waals surface area contributed by atoms with Crippen LogP contribution >= 0.6 is 23.2 Å². The summed E-state index contributed by atoms with van der Waals surface area (Å²) in [5, 5.41) is 3.75. The Labute approximate surface area is 239 Å². The SMILES string of the molecule is CCOc1c(-c2ccccc2)ccc(N2CCN(C(=O)c3ccc(Cl)cc3Cl)CC2CC)c1C(=O)NCCN. The maximum atomic E-state index is 13.6. The number of nitrogens with one attached hydrogen (secondary N) is 1. The van der Waals surface area contributed by atoms with Crippen molar-refractivity contribution in [3.05, 3.63) is 81.8 Å². The average Bonchev–Trinajstić information content (AvgIpc) is 2.95. The number of piperazine rings is 1. The summed E-state index contributed by atoms with van der Waals surface area (Å²) >= 11 is 12.4. The van der Waals surface area contributed by atoms with Crippen LogP contribution in [0, 0.1) is 0 Å². The van der Waals surface area contributed by atoms with Gasteiger partial charge in [-0.1, -0.05) is 60.5 Å². The Bertz CT molecular complexity index is 1320. The number of ether oxygens (including phenoxy) is 1. The topological polar surface area (TPSA) is 87.9 Å². The molecular weight excluding hydrogens is 535 g/mol. The van der Waals surface area contributed by atoms with E-state index < -0.39 is 0 Å². The van der Waals surface area contributed by atoms with Gasteiger partial charge in [0.25, 0.3) is 11.8 Å². The minimum atomic E-state index is -0.238. The molecule has 7 nitrogen and oxygen atoms in total. The summed E-state index contributed by atoms with van der Waals surface area (Å²) < 4.78 is 6.16. The molecule has 2 amide bonds. The molecule has 1 atom stereocenters. The first-order chi connectivity index (χ1) is 18.9. The third-order valence-electron chi connectivity index (χ3n) is 6.88. The third kappa shape index (κ3) is 6.32. The van der Waals surface area contributed by atoms with Crippen LogP contribution in [0.3, 0.4) is 0 Å². The standard InChI is InChI=1S/C30H34Cl2N4O3/c1-3-22-19-35(30(38)24-11-10-21(31)18-25(24)32)16-17-36(22)26-13-12-23(20-8-6-5-7-9-20)28(39-4-2)27(26)29(37)34-15-14-33/h5-13,18,22H,3-4,14-17,19,33H2,1-2H3,(H,34,37). The van der Waals surface area contributed by atoms with Crippen molar-refractivity contribution >= 4 is 40.7 Å². The fraction of sp³-hybridized carbons (Fsp3) is 0.333. The molecule has 1 heterocycles. The zero-order chi connectivity index (χ0) is 27.9. The average molecular weight is 570 g/mol. The lowest BCUT2D eigenvalue weighted by atomic mass is 9.97. The molecular formula is C30H34Cl2N4O3. The summed E-state index contributed by atoms with van der Waals surface area (Å²) in [6, 6.07) is 18.8. The summed E-state index contributed by atoms with van der Waals surface area (Å²) in [6.07, 6.45) is 0.770. The smallest absolute Gasteiger partial charge is 0.257 e. The normalized spacial score (nSPS) is 15.3. The van der Waals surface area contributed by atoms with Crippen LogP contribution < -0.4 is 20.7 Å². The summed E-state index contributed by atoms with van der Waals surface area (Å²) in [5.74, 6) is 0.167. The first-order valence-electron chi connectivity index (χ1n) is 13.2. The van der Waals surface area contributed by atoms with E-state index in [-0.39, 0.29) is 17.9 Å². The van der Waals surface area contributed by atoms with Gasteiger partial charge < -0.3 is 25.6 Å². The lowest BCUT2D eigenvalue weighted by Crippen LogP contribution is -2.55. The minimum Gasteiger partial charge on any atom is -0.492 e. The van der Waals surface area contributed by atoms with Crippen LogP contribution in [-0.2, 0) is 0 Å². The first-order valence-corrected chi connectivity index (χ1v) is 14.0. The molecule has 0 spiro atoms. The van der Waals surface area contributed by atoms with Gasteiger partial charge in [-0.05, 0) is 49.2 Å². The molecule has 1 fully saturated rings. The highest BCUT2D eigenvalue weighted by Crippen LogP contribution is 2.40. The molecule has 0 saturated carbocycles. The van der Waals surface area contributed by atoms with E-state index >= 15 is 0 Å². The van der Waals surface area contributed by atoms with E-state index in [4.69, 9.17) is 33.7 Å². The van der Waals surface area contributed by atoms with Crippen molar-refractivity contribution in [3.8, 4) is 16.9 Å². The second-order valence-electron chi connectivity index (χ2n) is 9.31. The highest BCUT2D eigenvalue weighted by atomic mass is 35.5. The zero-order valence-corrected chi connectivity index (χ0v) is 23.8. The summed E-state index contributed by atoms with van der Waals surface area (Å²) in [5.41, 5.74) is 9.18. The quantitative estimate of drug-likeness (QED) is 0.356. The number of nitrogens with zero attached hydrogens (tertiary/aromatic N) is 2. The molecule has 0 radical (unpaired) electrons. The van der Waals surface area contributed by atoms with E-state index in [1.165, 1.54) is 0 Å². The molecule has 4 rings (SSSR count). The molecule has 3 aromatic carbocycles. The van der Waals surface area contributed by atoms with Gasteiger partial charge in [0.1, 0.15) is 11.3 Å². The summed E-state index contributed by atoms with van der Waals surface area (Å²) in [4.78, 5) is 31.0. The van der Waals surface area contributed by atoms with Crippen LogP contribution in [0.1, 0.15) is 41.0 Å². The van der Waals surface area contributed by atoms with Crippen molar-refractivity contribution < 1.29 is 14.3 Å². The van der Waals surface area contributed by atoms with Crippen LogP contribution in [0.15, 0.2) is 60.7 Å². The molecule has 1 aliphatic rings. The van der Waals surface area contributed by atoms with Crippen molar-refractivity contribution in [2.75, 3.05) is 44.2 Å². The number of amides is 2. The molecule has 9 heteroatoms. The van der Waals surface area contributed by atoms with E-state index in [0.29, 0.717) is 66.3 Å². The minimum absolute atomic E-state index is 0.0214. The lowest BCUT2D eigenvalue weighted by Gasteiger charge is -2.43. The van der Waals surface area contributed by atoms with E-state index in [2.05, 4.69) is 17.1 Å². The Kier molecular flexibility index (Phi) is 9.73. The Morgan fingerprint density at radius 3 is 2.49 bits per heavy atom. The monoisotopic (exact) mass is 568 g/mol. The van der Waals surface area contributed by atoms with Crippen LogP contribution in [0.5, 0.6) is 5.75 Å². The van der Waals surface area contributed by atoms with E-state index in [1.54, 1.807) is 18.2 Å². The molecule has 206 valence electrons. The summed E-state index contributed by atoms with van der Waals surface area (Å²) in [6.45, 7) is 6.58. The van der Waals surface area contributed by atoms with Crippen molar-refractivity contribution in [2.45, 2.75) is 26.3 Å². The number of rotatable bonds is 9. The predicted molar refractivity (Wildman–Crippen MR) is 158 cm³/mol. The van der Waals surface area contributed by atoms with Gasteiger partial charge >= 0.3 is 0 Å². The van der Waals surface area contributed by atoms with Gasteiger partial charge in [-0.25, -0.2) is 0 Å². The van der Waals surface area contributed by atoms with Gasteiger partial charge in [-0.3, -0.25) is 9.59 Å². The van der Waals surface area contributed by atoms with Crippen LogP contribution in [0.4, 0.5) is 5.69 Å². The lowest BCUT2D eigenvalue weighted by molar-refractivity contribution is 0.0720. The molecule has 0 aliphatic carbocycles. The van der Waals surface area contributed by atoms with Gasteiger partial charge in [-0.15, -0.1) is 0 Å². The number of nitrogens with two attached hydrogens (primary N) is 1. The molecule has 3 aromatic rings. The summed E-state index contributed by atoms with van der Waals surface area (Å²) in [7, 11) is 0. The Morgan fingerprint density at radius 1 is 1.05 bits per heavy atom. The molecule has 3 N–H and O–H groups in total. The molecule has 0 bridgehead atoms. The third-order valence-corrected chi connectivity index (χ3v) is 7.43. The van der Waals surface area contributed by atoms with E-state index in [0.717, 1.165) is 23.2 Å². The largest absolute Gasteiger partial charge is 0.492 e. The number of hydrogen-bond donors (Lipinski definition) is 2. The fourth-order valence-electron chi connectivity index (χ4n) is 4.98. The maximum Gasteiger partial charge on any atom is 0.257 e. The Balaban J connectivity index is 1.72. The Morgan fingerprint density at radius 2 is 1.82 bits per heavy atom. The number of benzene rings is 3. The second kappa shape index (κ2) is 13.2. The number of hydrogen-bond acceptors (Lipinski definition) is 5. The van der Waals surface area contributed by atoms with E-state index in [1.807, 2.05) is 54.3 Å². The Hall–Kier alpha value is -3.26. The highest BCUT2D eigenvalue weighted by molar-refractivity contribution is 6.36. The first kappa shape index (κ1) is 28.7. The number of anilines is 1. The van der Waals surface area contributed by atoms with Crippen LogP contribution in [0.25, 0.3) is 11.1 Å². The number of halogens is 2. The highest BCUT2D eigenvalue weighted by Gasteiger charge is 2.33. The molecule has 1 saturated heterocycles. The zero-order valence-electron chi connectivity index (χ0n) is 22.3. The van der Waals surface area contributed by atoms with Crippen molar-refractivity contribution in [1.29, 1.82) is 0 Å². The van der Waals surface area contributed by atoms with E-state index in [9.17, 15) is 9.59 Å². The molecule has 1 aliphatic heterocycles. The fourth-order valence-corrected chi connectivity index (χ4v) is 5.47. The number of carbonyl (C=O) groups is 2. The van der Waals surface area contributed by atoms with Crippen molar-refractivity contribution in [3.63, 3.8) is 0 Å². The molecule has 39 heavy (non-hydrogen) atoms. The molecule has 1 unspecified atom stereocenters. The van der Waals surface area contributed by atoms with Gasteiger partial charge in [-0.2, -0.15) is 0 Å². The van der Waals surface area contributed by atoms with Gasteiger partial charge in [0, 0.05) is 49.4 Å². The van der Waals surface area contributed by atoms with Crippen molar-refractivity contribution in [2.24, 2.45) is 5.73 Å².